The van der Waals surface area contributed by atoms with Crippen LogP contribution >= 0.6 is 0 Å². The molecular weight excluding hydrogens is 386 g/mol. The quantitative estimate of drug-likeness (QED) is 0.382. The molecule has 1 unspecified atom stereocenters. The lowest BCUT2D eigenvalue weighted by Crippen LogP contribution is -3.09. The normalized spacial score (nSPS) is 14.8. The van der Waals surface area contributed by atoms with Gasteiger partial charge in [-0.1, -0.05) is 12.7 Å². The molecule has 8 nitrogen and oxygen atoms in total. The smallest absolute Gasteiger partial charge is 0.343 e. The molecule has 2 aromatic carbocycles. The zero-order chi connectivity index (χ0) is 21.7. The summed E-state index contributed by atoms with van der Waals surface area (Å²) in [4.78, 5) is 40.3. The van der Waals surface area contributed by atoms with Crippen LogP contribution in [0.25, 0.3) is 0 Å². The molecule has 0 radical (unpaired) electrons. The van der Waals surface area contributed by atoms with Crippen LogP contribution in [0.3, 0.4) is 0 Å². The van der Waals surface area contributed by atoms with Gasteiger partial charge in [0, 0.05) is 5.56 Å². The number of urea groups is 1. The largest absolute Gasteiger partial charge is 0.497 e. The molecule has 1 atom stereocenters. The van der Waals surface area contributed by atoms with E-state index in [9.17, 15) is 14.4 Å². The molecule has 1 aliphatic heterocycles. The minimum atomic E-state index is -0.860. The number of carbonyl (C=O) groups is 3. The number of anilines is 1. The fourth-order valence-electron chi connectivity index (χ4n) is 3.14. The monoisotopic (exact) mass is 410 g/mol. The van der Waals surface area contributed by atoms with Crippen LogP contribution in [0.4, 0.5) is 10.5 Å². The van der Waals surface area contributed by atoms with Crippen molar-refractivity contribution in [2.75, 3.05) is 32.3 Å². The first-order valence-electron chi connectivity index (χ1n) is 9.42. The highest BCUT2D eigenvalue weighted by Gasteiger charge is 2.46. The van der Waals surface area contributed by atoms with Crippen LogP contribution in [0, 0.1) is 0 Å². The fraction of sp³-hybridized carbons (Fsp3) is 0.227. The number of carbonyl (C=O) groups excluding carboxylic acids is 3. The summed E-state index contributed by atoms with van der Waals surface area (Å²) in [7, 11) is 3.37. The molecule has 0 spiro atoms. The Bertz CT molecular complexity index is 940. The molecule has 156 valence electrons. The number of quaternary nitrogens is 1. The van der Waals surface area contributed by atoms with Crippen molar-refractivity contribution >= 4 is 23.5 Å². The predicted octanol–water partition coefficient (Wildman–Crippen LogP) is 1.23. The maximum atomic E-state index is 12.8. The van der Waals surface area contributed by atoms with Gasteiger partial charge in [0.05, 0.1) is 19.8 Å². The number of nitrogens with one attached hydrogen (secondary N) is 1. The number of hydrogen-bond donors (Lipinski definition) is 1. The summed E-state index contributed by atoms with van der Waals surface area (Å²) in [5.41, 5.74) is 1.34. The maximum Gasteiger partial charge on any atom is 0.343 e. The first-order valence-corrected chi connectivity index (χ1v) is 9.42. The SMILES string of the molecule is C=CCOc1ccc(C[NH+](C)CN2C(=O)C(=O)N(c3ccc(OC)cc3)C2=O)cc1. The molecule has 0 aromatic heterocycles. The van der Waals surface area contributed by atoms with E-state index in [1.54, 1.807) is 30.3 Å². The van der Waals surface area contributed by atoms with E-state index in [1.807, 2.05) is 31.3 Å². The van der Waals surface area contributed by atoms with Crippen molar-refractivity contribution in [2.24, 2.45) is 0 Å². The molecular formula is C22H24N3O5+. The minimum absolute atomic E-state index is 0.0742. The van der Waals surface area contributed by atoms with Crippen LogP contribution in [-0.4, -0.2) is 50.2 Å². The third kappa shape index (κ3) is 4.49. The van der Waals surface area contributed by atoms with Gasteiger partial charge in [-0.25, -0.2) is 14.6 Å². The first-order chi connectivity index (χ1) is 14.4. The van der Waals surface area contributed by atoms with Gasteiger partial charge in [0.2, 0.25) is 0 Å². The summed E-state index contributed by atoms with van der Waals surface area (Å²) in [6, 6.07) is 13.3. The highest BCUT2D eigenvalue weighted by Crippen LogP contribution is 2.24. The average molecular weight is 410 g/mol. The van der Waals surface area contributed by atoms with E-state index in [0.29, 0.717) is 24.6 Å². The minimum Gasteiger partial charge on any atom is -0.497 e. The maximum absolute atomic E-state index is 12.8. The molecule has 3 rings (SSSR count). The molecule has 2 aromatic rings. The molecule has 1 N–H and O–H groups in total. The standard InChI is InChI=1S/C22H23N3O5/c1-4-13-30-19-9-5-16(6-10-19)14-23(2)15-24-20(26)21(27)25(22(24)28)17-7-11-18(29-3)12-8-17/h4-12H,1,13-15H2,2-3H3/p+1. The number of methoxy groups -OCH3 is 1. The molecule has 8 heteroatoms. The van der Waals surface area contributed by atoms with Crippen LogP contribution in [0.15, 0.2) is 61.2 Å². The van der Waals surface area contributed by atoms with E-state index in [2.05, 4.69) is 6.58 Å². The second kappa shape index (κ2) is 9.23. The van der Waals surface area contributed by atoms with Gasteiger partial charge in [0.15, 0.2) is 6.67 Å². The summed E-state index contributed by atoms with van der Waals surface area (Å²) in [5.74, 6) is -0.363. The van der Waals surface area contributed by atoms with Gasteiger partial charge in [0.25, 0.3) is 0 Å². The molecule has 1 saturated heterocycles. The molecule has 1 aliphatic rings. The van der Waals surface area contributed by atoms with Crippen LogP contribution in [-0.2, 0) is 16.1 Å². The van der Waals surface area contributed by atoms with Crippen molar-refractivity contribution in [2.45, 2.75) is 6.54 Å². The molecule has 4 amide bonds. The Labute approximate surface area is 174 Å². The van der Waals surface area contributed by atoms with Crippen LogP contribution in [0.2, 0.25) is 0 Å². The van der Waals surface area contributed by atoms with E-state index in [-0.39, 0.29) is 6.67 Å². The second-order valence-electron chi connectivity index (χ2n) is 6.89. The number of hydrogen-bond acceptors (Lipinski definition) is 5. The lowest BCUT2D eigenvalue weighted by atomic mass is 10.2. The van der Waals surface area contributed by atoms with Gasteiger partial charge in [0.1, 0.15) is 24.7 Å². The third-order valence-corrected chi connectivity index (χ3v) is 4.61. The second-order valence-corrected chi connectivity index (χ2v) is 6.89. The topological polar surface area (TPSA) is 80.6 Å². The van der Waals surface area contributed by atoms with Gasteiger partial charge in [-0.3, -0.25) is 9.59 Å². The molecule has 0 aliphatic carbocycles. The third-order valence-electron chi connectivity index (χ3n) is 4.61. The van der Waals surface area contributed by atoms with Crippen LogP contribution in [0.5, 0.6) is 11.5 Å². The number of amides is 4. The lowest BCUT2D eigenvalue weighted by Gasteiger charge is -2.20. The number of benzene rings is 2. The van der Waals surface area contributed by atoms with Gasteiger partial charge in [-0.15, -0.1) is 0 Å². The average Bonchev–Trinajstić information content (AvgIpc) is 2.96. The molecule has 0 bridgehead atoms. The summed E-state index contributed by atoms with van der Waals surface area (Å²) in [6.45, 7) is 4.68. The molecule has 0 saturated carbocycles. The predicted molar refractivity (Wildman–Crippen MR) is 110 cm³/mol. The molecule has 1 fully saturated rings. The summed E-state index contributed by atoms with van der Waals surface area (Å²) in [5, 5.41) is 0. The summed E-state index contributed by atoms with van der Waals surface area (Å²) < 4.78 is 10.5. The summed E-state index contributed by atoms with van der Waals surface area (Å²) >= 11 is 0. The Morgan fingerprint density at radius 3 is 2.20 bits per heavy atom. The number of rotatable bonds is 9. The highest BCUT2D eigenvalue weighted by atomic mass is 16.5. The number of ether oxygens (including phenoxy) is 2. The van der Waals surface area contributed by atoms with E-state index in [4.69, 9.17) is 9.47 Å². The van der Waals surface area contributed by atoms with E-state index in [0.717, 1.165) is 26.0 Å². The van der Waals surface area contributed by atoms with E-state index < -0.39 is 17.8 Å². The van der Waals surface area contributed by atoms with Crippen LogP contribution < -0.4 is 19.3 Å². The Kier molecular flexibility index (Phi) is 6.48. The summed E-state index contributed by atoms with van der Waals surface area (Å²) in [6.07, 6.45) is 1.67. The Hall–Kier alpha value is -3.65. The zero-order valence-corrected chi connectivity index (χ0v) is 17.0. The van der Waals surface area contributed by atoms with Gasteiger partial charge in [-0.2, -0.15) is 0 Å². The van der Waals surface area contributed by atoms with Crippen molar-refractivity contribution in [3.8, 4) is 11.5 Å². The van der Waals surface area contributed by atoms with E-state index >= 15 is 0 Å². The first kappa shape index (κ1) is 21.1. The lowest BCUT2D eigenvalue weighted by molar-refractivity contribution is -0.901. The van der Waals surface area contributed by atoms with Gasteiger partial charge >= 0.3 is 17.8 Å². The number of nitrogens with zero attached hydrogens (tertiary/aromatic N) is 2. The Balaban J connectivity index is 1.65. The highest BCUT2D eigenvalue weighted by molar-refractivity contribution is 6.52. The van der Waals surface area contributed by atoms with Crippen molar-refractivity contribution in [1.29, 1.82) is 0 Å². The van der Waals surface area contributed by atoms with Crippen LogP contribution in [0.1, 0.15) is 5.56 Å². The van der Waals surface area contributed by atoms with E-state index in [1.165, 1.54) is 7.11 Å². The zero-order valence-electron chi connectivity index (χ0n) is 17.0. The van der Waals surface area contributed by atoms with Gasteiger partial charge < -0.3 is 14.4 Å². The molecule has 1 heterocycles. The fourth-order valence-corrected chi connectivity index (χ4v) is 3.14. The number of imide groups is 2. The van der Waals surface area contributed by atoms with Gasteiger partial charge in [-0.05, 0) is 48.5 Å². The Morgan fingerprint density at radius 2 is 1.60 bits per heavy atom. The van der Waals surface area contributed by atoms with Crippen molar-refractivity contribution in [3.05, 3.63) is 66.7 Å². The molecule has 30 heavy (non-hydrogen) atoms. The van der Waals surface area contributed by atoms with Crippen molar-refractivity contribution in [3.63, 3.8) is 0 Å². The Morgan fingerprint density at radius 1 is 0.967 bits per heavy atom. The van der Waals surface area contributed by atoms with Crippen molar-refractivity contribution in [1.82, 2.24) is 4.90 Å². The van der Waals surface area contributed by atoms with Crippen molar-refractivity contribution < 1.29 is 28.8 Å².